The summed E-state index contributed by atoms with van der Waals surface area (Å²) < 4.78 is 12.5. The highest BCUT2D eigenvalue weighted by molar-refractivity contribution is 6.27. The molecule has 0 saturated carbocycles. The van der Waals surface area contributed by atoms with E-state index in [2.05, 4.69) is 10.9 Å². The first-order chi connectivity index (χ1) is 28.9. The monoisotopic (exact) mass is 812 g/mol. The van der Waals surface area contributed by atoms with Crippen LogP contribution in [0.15, 0.2) is 72.8 Å². The Morgan fingerprint density at radius 2 is 1.08 bits per heavy atom. The second kappa shape index (κ2) is 14.0. The summed E-state index contributed by atoms with van der Waals surface area (Å²) in [7, 11) is 0. The van der Waals surface area contributed by atoms with Crippen molar-refractivity contribution < 1.29 is 49.1 Å². The zero-order valence-electron chi connectivity index (χ0n) is 33.1. The van der Waals surface area contributed by atoms with Crippen molar-refractivity contribution in [3.8, 4) is 6.07 Å². The Morgan fingerprint density at radius 1 is 0.667 bits per heavy atom. The van der Waals surface area contributed by atoms with E-state index in [0.29, 0.717) is 57.0 Å². The molecule has 6 aliphatic heterocycles. The predicted octanol–water partition coefficient (Wildman–Crippen LogP) is 4.44. The number of ether oxygens (including phenoxy) is 2. The number of fused-ring (bicyclic) bond motifs is 12. The Bertz CT molecular complexity index is 2430. The van der Waals surface area contributed by atoms with Crippen molar-refractivity contribution in [2.75, 3.05) is 23.0 Å². The lowest BCUT2D eigenvalue weighted by atomic mass is 9.64. The van der Waals surface area contributed by atoms with Gasteiger partial charge in [0.2, 0.25) is 23.6 Å². The number of carbonyl (C=O) groups excluding carboxylic acids is 4. The Labute approximate surface area is 345 Å². The minimum absolute atomic E-state index is 0.188. The Morgan fingerprint density at radius 3 is 1.52 bits per heavy atom. The summed E-state index contributed by atoms with van der Waals surface area (Å²) in [5.74, 6) is -4.55. The smallest absolute Gasteiger partial charge is 0.240 e. The molecule has 6 heterocycles. The lowest BCUT2D eigenvalue weighted by Crippen LogP contribution is -2.51. The third kappa shape index (κ3) is 5.00. The van der Waals surface area contributed by atoms with Crippen LogP contribution in [0.3, 0.4) is 0 Å². The van der Waals surface area contributed by atoms with E-state index >= 15 is 0 Å². The number of aliphatic hydroxyl groups is 4. The van der Waals surface area contributed by atoms with Gasteiger partial charge < -0.3 is 29.9 Å². The van der Waals surface area contributed by atoms with Gasteiger partial charge in [0.05, 0.1) is 76.7 Å². The van der Waals surface area contributed by atoms with Crippen molar-refractivity contribution >= 4 is 62.2 Å². The van der Waals surface area contributed by atoms with E-state index in [9.17, 15) is 44.9 Å². The van der Waals surface area contributed by atoms with E-state index in [1.54, 1.807) is 54.6 Å². The van der Waals surface area contributed by atoms with Crippen LogP contribution in [-0.2, 0) is 28.7 Å². The molecular weight excluding hydrogens is 769 g/mol. The molecule has 14 heteroatoms. The van der Waals surface area contributed by atoms with Crippen LogP contribution >= 0.6 is 0 Å². The number of anilines is 2. The van der Waals surface area contributed by atoms with Crippen LogP contribution in [-0.4, -0.2) is 91.9 Å². The number of imide groups is 2. The van der Waals surface area contributed by atoms with Gasteiger partial charge in [-0.15, -0.1) is 0 Å². The number of carbonyl (C=O) groups is 4. The SMILES string of the molecule is CCC12OC(CCO)(C[C@@H]1O)[C@H]1C(=O)N(c3ccc(C#N)c4ccccc34)C(=O)[C@H]12.[C-]#[N+]c1ccc(N2C(=O)[C@@H]3[C@H](C2=O)C2(CC)OC3(CCO)C[C@H]2O)c2ccccc12. The van der Waals surface area contributed by atoms with Crippen molar-refractivity contribution in [3.05, 3.63) is 89.8 Å². The molecule has 4 unspecified atom stereocenters. The molecule has 14 nitrogen and oxygen atoms in total. The quantitative estimate of drug-likeness (QED) is 0.145. The van der Waals surface area contributed by atoms with Gasteiger partial charge in [0.25, 0.3) is 0 Å². The van der Waals surface area contributed by atoms with Crippen molar-refractivity contribution in [1.82, 2.24) is 0 Å². The molecule has 4 bridgehead atoms. The van der Waals surface area contributed by atoms with Crippen LogP contribution in [0, 0.1) is 41.6 Å². The third-order valence-corrected chi connectivity index (χ3v) is 14.5. The van der Waals surface area contributed by atoms with Crippen LogP contribution in [0.25, 0.3) is 26.4 Å². The van der Waals surface area contributed by atoms with Gasteiger partial charge in [-0.3, -0.25) is 19.2 Å². The van der Waals surface area contributed by atoms with Crippen molar-refractivity contribution in [2.45, 2.75) is 87.0 Å². The summed E-state index contributed by atoms with van der Waals surface area (Å²) in [5, 5.41) is 52.9. The zero-order valence-corrected chi connectivity index (χ0v) is 33.1. The Hall–Kier alpha value is -5.58. The summed E-state index contributed by atoms with van der Waals surface area (Å²) in [6.07, 6.45) is -0.115. The standard InChI is InChI=1S/2C23H22N2O5/c1-3-23-17(27)12-22(30-23,10-11-26)18-19(23)21(29)25(20(18)28)16-9-8-15(24-2)13-6-4-5-7-14(13)16;1-2-23-17(27)11-22(30-23,9-10-26)18-19(23)21(29)25(20(18)28)16-8-7-13(12-24)14-5-3-4-6-15(14)16/h4-9,17-19,26-27H,3,10-12H2,1H3;3-8,17-19,26-27H,2,9-11H2,1H3/t2*17-,18+,19-,22?,23?/m10/s1. The zero-order chi connectivity index (χ0) is 42.5. The maximum atomic E-state index is 13.6. The number of amides is 4. The van der Waals surface area contributed by atoms with Crippen LogP contribution < -0.4 is 9.80 Å². The molecule has 10 atom stereocenters. The molecule has 4 amide bonds. The number of aliphatic hydroxyl groups excluding tert-OH is 4. The number of rotatable bonds is 8. The fourth-order valence-electron chi connectivity index (χ4n) is 11.9. The molecule has 0 radical (unpaired) electrons. The molecule has 4 N–H and O–H groups in total. The molecule has 0 aliphatic carbocycles. The van der Waals surface area contributed by atoms with Gasteiger partial charge in [-0.1, -0.05) is 68.4 Å². The van der Waals surface area contributed by atoms with Gasteiger partial charge in [0.15, 0.2) is 5.69 Å². The van der Waals surface area contributed by atoms with Gasteiger partial charge in [-0.05, 0) is 41.8 Å². The summed E-state index contributed by atoms with van der Waals surface area (Å²) in [6.45, 7) is 10.7. The van der Waals surface area contributed by atoms with Crippen LogP contribution in [0.2, 0.25) is 0 Å². The average molecular weight is 813 g/mol. The van der Waals surface area contributed by atoms with Crippen molar-refractivity contribution in [1.29, 1.82) is 5.26 Å². The summed E-state index contributed by atoms with van der Waals surface area (Å²) in [5.41, 5.74) is -2.52. The van der Waals surface area contributed by atoms with Gasteiger partial charge in [0, 0.05) is 49.7 Å². The van der Waals surface area contributed by atoms with Crippen LogP contribution in [0.5, 0.6) is 0 Å². The maximum Gasteiger partial charge on any atom is 0.240 e. The number of hydrogen-bond donors (Lipinski definition) is 4. The van der Waals surface area contributed by atoms with E-state index in [1.807, 2.05) is 32.0 Å². The highest BCUT2D eigenvalue weighted by atomic mass is 16.6. The first-order valence-electron chi connectivity index (χ1n) is 20.4. The highest BCUT2D eigenvalue weighted by Crippen LogP contribution is 2.65. The molecule has 6 aliphatic rings. The largest absolute Gasteiger partial charge is 0.396 e. The molecule has 60 heavy (non-hydrogen) atoms. The Balaban J connectivity index is 0.000000154. The second-order valence-corrected chi connectivity index (χ2v) is 16.8. The lowest BCUT2D eigenvalue weighted by molar-refractivity contribution is -0.138. The van der Waals surface area contributed by atoms with Crippen LogP contribution in [0.1, 0.15) is 57.9 Å². The van der Waals surface area contributed by atoms with Crippen molar-refractivity contribution in [3.63, 3.8) is 0 Å². The molecule has 10 rings (SSSR count). The topological polar surface area (TPSA) is 202 Å². The van der Waals surface area contributed by atoms with Crippen molar-refractivity contribution in [2.24, 2.45) is 23.7 Å². The maximum absolute atomic E-state index is 13.6. The molecule has 0 aromatic heterocycles. The van der Waals surface area contributed by atoms with E-state index in [4.69, 9.17) is 16.0 Å². The van der Waals surface area contributed by atoms with Gasteiger partial charge in [-0.2, -0.15) is 5.26 Å². The summed E-state index contributed by atoms with van der Waals surface area (Å²) in [4.78, 5) is 60.5. The first kappa shape index (κ1) is 39.9. The number of nitrogens with zero attached hydrogens (tertiary/aromatic N) is 4. The fraction of sp³-hybridized carbons (Fsp3) is 0.435. The number of hydrogen-bond acceptors (Lipinski definition) is 11. The van der Waals surface area contributed by atoms with Gasteiger partial charge in [0.1, 0.15) is 11.2 Å². The van der Waals surface area contributed by atoms with E-state index in [1.165, 1.54) is 9.80 Å². The van der Waals surface area contributed by atoms with E-state index in [-0.39, 0.29) is 62.5 Å². The minimum Gasteiger partial charge on any atom is -0.396 e. The molecule has 6 saturated heterocycles. The molecule has 4 aromatic rings. The minimum atomic E-state index is -1.12. The number of benzene rings is 4. The Kier molecular flexibility index (Phi) is 9.30. The van der Waals surface area contributed by atoms with Crippen LogP contribution in [0.4, 0.5) is 17.1 Å². The first-order valence-corrected chi connectivity index (χ1v) is 20.4. The van der Waals surface area contributed by atoms with Gasteiger partial charge >= 0.3 is 0 Å². The molecule has 6 fully saturated rings. The molecule has 308 valence electrons. The second-order valence-electron chi connectivity index (χ2n) is 16.8. The van der Waals surface area contributed by atoms with E-state index < -0.39 is 58.3 Å². The highest BCUT2D eigenvalue weighted by Gasteiger charge is 2.79. The summed E-state index contributed by atoms with van der Waals surface area (Å²) in [6, 6.07) is 23.1. The van der Waals surface area contributed by atoms with Gasteiger partial charge in [-0.25, -0.2) is 14.6 Å². The summed E-state index contributed by atoms with van der Waals surface area (Å²) >= 11 is 0. The normalized spacial score (nSPS) is 34.6. The average Bonchev–Trinajstić information content (AvgIpc) is 4.03. The molecule has 0 spiro atoms. The molecular formula is C46H44N4O10. The fourth-order valence-corrected chi connectivity index (χ4v) is 11.9. The molecule has 4 aromatic carbocycles. The predicted molar refractivity (Wildman–Crippen MR) is 216 cm³/mol. The number of nitriles is 1. The van der Waals surface area contributed by atoms with E-state index in [0.717, 1.165) is 0 Å². The third-order valence-electron chi connectivity index (χ3n) is 14.5. The lowest BCUT2D eigenvalue weighted by Gasteiger charge is -2.34.